The van der Waals surface area contributed by atoms with E-state index in [1.54, 1.807) is 6.07 Å². The van der Waals surface area contributed by atoms with E-state index in [4.69, 9.17) is 4.74 Å². The molecule has 0 atom stereocenters. The number of hydrogen-bond donors (Lipinski definition) is 0. The van der Waals surface area contributed by atoms with Crippen LogP contribution in [0.1, 0.15) is 11.1 Å². The number of nitro benzene ring substituents is 1. The first kappa shape index (κ1) is 13.5. The zero-order valence-electron chi connectivity index (χ0n) is 10.3. The van der Waals surface area contributed by atoms with Gasteiger partial charge < -0.3 is 4.74 Å². The Morgan fingerprint density at radius 3 is 2.47 bits per heavy atom. The molecule has 0 unspecified atom stereocenters. The van der Waals surface area contributed by atoms with E-state index in [-0.39, 0.29) is 5.69 Å². The number of non-ortho nitro benzene ring substituents is 1. The highest BCUT2D eigenvalue weighted by atomic mass is 79.9. The van der Waals surface area contributed by atoms with Crippen LogP contribution < -0.4 is 4.74 Å². The fourth-order valence-corrected chi connectivity index (χ4v) is 1.96. The summed E-state index contributed by atoms with van der Waals surface area (Å²) in [7, 11) is 0. The molecule has 98 valence electrons. The average molecular weight is 322 g/mol. The predicted octanol–water partition coefficient (Wildman–Crippen LogP) is 4.59. The normalized spacial score (nSPS) is 10.2. The molecule has 0 saturated carbocycles. The van der Waals surface area contributed by atoms with Gasteiger partial charge in [0.25, 0.3) is 5.69 Å². The van der Waals surface area contributed by atoms with Crippen LogP contribution >= 0.6 is 15.9 Å². The van der Waals surface area contributed by atoms with Gasteiger partial charge in [-0.15, -0.1) is 0 Å². The van der Waals surface area contributed by atoms with Gasteiger partial charge in [-0.05, 0) is 36.2 Å². The number of alkyl halides is 1. The average Bonchev–Trinajstić information content (AvgIpc) is 2.42. The third-order valence-electron chi connectivity index (χ3n) is 2.69. The lowest BCUT2D eigenvalue weighted by Crippen LogP contribution is -1.92. The molecule has 2 aromatic carbocycles. The van der Waals surface area contributed by atoms with Crippen LogP contribution in [0.25, 0.3) is 0 Å². The van der Waals surface area contributed by atoms with Gasteiger partial charge in [0.1, 0.15) is 11.5 Å². The Hall–Kier alpha value is -1.88. The molecule has 5 heteroatoms. The topological polar surface area (TPSA) is 52.4 Å². The highest BCUT2D eigenvalue weighted by molar-refractivity contribution is 9.08. The first-order valence-electron chi connectivity index (χ1n) is 5.68. The predicted molar refractivity (Wildman–Crippen MR) is 77.0 cm³/mol. The summed E-state index contributed by atoms with van der Waals surface area (Å²) in [6.07, 6.45) is 0. The molecular formula is C14H12BrNO3. The number of ether oxygens (including phenoxy) is 1. The molecule has 0 fully saturated rings. The first-order chi connectivity index (χ1) is 9.10. The maximum Gasteiger partial charge on any atom is 0.273 e. The van der Waals surface area contributed by atoms with E-state index in [0.717, 1.165) is 16.5 Å². The fraction of sp³-hybridized carbons (Fsp3) is 0.143. The van der Waals surface area contributed by atoms with Crippen LogP contribution in [-0.2, 0) is 5.33 Å². The summed E-state index contributed by atoms with van der Waals surface area (Å²) >= 11 is 3.37. The van der Waals surface area contributed by atoms with Gasteiger partial charge in [-0.1, -0.05) is 28.1 Å². The summed E-state index contributed by atoms with van der Waals surface area (Å²) in [6, 6.07) is 12.2. The highest BCUT2D eigenvalue weighted by Gasteiger charge is 2.10. The highest BCUT2D eigenvalue weighted by Crippen LogP contribution is 2.29. The molecule has 0 saturated heterocycles. The molecule has 0 spiro atoms. The Labute approximate surface area is 119 Å². The molecule has 2 aromatic rings. The molecule has 0 aliphatic rings. The minimum absolute atomic E-state index is 0.0256. The lowest BCUT2D eigenvalue weighted by molar-refractivity contribution is -0.384. The standard InChI is InChI=1S/C14H12BrNO3/c1-10-2-5-12(16(17)18)8-14(10)19-13-6-3-11(9-15)4-7-13/h2-8H,9H2,1H3. The molecule has 19 heavy (non-hydrogen) atoms. The Morgan fingerprint density at radius 2 is 1.89 bits per heavy atom. The number of hydrogen-bond acceptors (Lipinski definition) is 3. The summed E-state index contributed by atoms with van der Waals surface area (Å²) in [5, 5.41) is 11.5. The number of benzene rings is 2. The second kappa shape index (κ2) is 5.84. The van der Waals surface area contributed by atoms with Gasteiger partial charge >= 0.3 is 0 Å². The molecule has 0 heterocycles. The van der Waals surface area contributed by atoms with Crippen LogP contribution in [-0.4, -0.2) is 4.92 Å². The molecule has 0 bridgehead atoms. The van der Waals surface area contributed by atoms with E-state index in [0.29, 0.717) is 11.5 Å². The second-order valence-electron chi connectivity index (χ2n) is 4.09. The molecule has 0 amide bonds. The molecule has 0 aliphatic carbocycles. The van der Waals surface area contributed by atoms with Crippen LogP contribution in [0.4, 0.5) is 5.69 Å². The van der Waals surface area contributed by atoms with E-state index in [1.807, 2.05) is 31.2 Å². The van der Waals surface area contributed by atoms with Crippen molar-refractivity contribution in [1.29, 1.82) is 0 Å². The zero-order chi connectivity index (χ0) is 13.8. The van der Waals surface area contributed by atoms with Crippen LogP contribution in [0.2, 0.25) is 0 Å². The second-order valence-corrected chi connectivity index (χ2v) is 4.65. The van der Waals surface area contributed by atoms with E-state index in [2.05, 4.69) is 15.9 Å². The molecule has 2 rings (SSSR count). The monoisotopic (exact) mass is 321 g/mol. The van der Waals surface area contributed by atoms with E-state index in [1.165, 1.54) is 12.1 Å². The van der Waals surface area contributed by atoms with Gasteiger partial charge in [0.05, 0.1) is 11.0 Å². The Balaban J connectivity index is 2.26. The van der Waals surface area contributed by atoms with Crippen LogP contribution in [0.5, 0.6) is 11.5 Å². The Morgan fingerprint density at radius 1 is 1.21 bits per heavy atom. The maximum atomic E-state index is 10.7. The summed E-state index contributed by atoms with van der Waals surface area (Å²) in [5.41, 5.74) is 2.02. The Kier molecular flexibility index (Phi) is 4.16. The van der Waals surface area contributed by atoms with Gasteiger partial charge in [0, 0.05) is 11.4 Å². The Bertz CT molecular complexity index is 596. The SMILES string of the molecule is Cc1ccc([N+](=O)[O-])cc1Oc1ccc(CBr)cc1. The van der Waals surface area contributed by atoms with E-state index in [9.17, 15) is 10.1 Å². The summed E-state index contributed by atoms with van der Waals surface area (Å²) in [5.74, 6) is 1.16. The first-order valence-corrected chi connectivity index (χ1v) is 6.80. The van der Waals surface area contributed by atoms with Gasteiger partial charge in [-0.25, -0.2) is 0 Å². The number of halogens is 1. The molecule has 4 nitrogen and oxygen atoms in total. The number of nitro groups is 1. The molecule has 0 radical (unpaired) electrons. The van der Waals surface area contributed by atoms with Gasteiger partial charge in [0.15, 0.2) is 0 Å². The van der Waals surface area contributed by atoms with Crippen molar-refractivity contribution < 1.29 is 9.66 Å². The van der Waals surface area contributed by atoms with Gasteiger partial charge in [-0.3, -0.25) is 10.1 Å². The third kappa shape index (κ3) is 3.32. The van der Waals surface area contributed by atoms with Crippen molar-refractivity contribution in [3.05, 3.63) is 63.7 Å². The summed E-state index contributed by atoms with van der Waals surface area (Å²) in [4.78, 5) is 10.3. The van der Waals surface area contributed by atoms with E-state index < -0.39 is 4.92 Å². The lowest BCUT2D eigenvalue weighted by atomic mass is 10.2. The summed E-state index contributed by atoms with van der Waals surface area (Å²) < 4.78 is 5.68. The number of nitrogens with zero attached hydrogens (tertiary/aromatic N) is 1. The van der Waals surface area contributed by atoms with Crippen LogP contribution in [0, 0.1) is 17.0 Å². The van der Waals surface area contributed by atoms with Crippen molar-refractivity contribution in [1.82, 2.24) is 0 Å². The van der Waals surface area contributed by atoms with Crippen molar-refractivity contribution in [3.63, 3.8) is 0 Å². The van der Waals surface area contributed by atoms with Crippen molar-refractivity contribution >= 4 is 21.6 Å². The van der Waals surface area contributed by atoms with Gasteiger partial charge in [0.2, 0.25) is 0 Å². The minimum Gasteiger partial charge on any atom is -0.457 e. The van der Waals surface area contributed by atoms with Gasteiger partial charge in [-0.2, -0.15) is 0 Å². The maximum absolute atomic E-state index is 10.7. The minimum atomic E-state index is -0.430. The van der Waals surface area contributed by atoms with Crippen LogP contribution in [0.15, 0.2) is 42.5 Å². The molecule has 0 aromatic heterocycles. The number of rotatable bonds is 4. The van der Waals surface area contributed by atoms with E-state index >= 15 is 0 Å². The quantitative estimate of drug-likeness (QED) is 0.470. The molecular weight excluding hydrogens is 310 g/mol. The zero-order valence-corrected chi connectivity index (χ0v) is 11.9. The van der Waals surface area contributed by atoms with Crippen molar-refractivity contribution in [3.8, 4) is 11.5 Å². The third-order valence-corrected chi connectivity index (χ3v) is 3.34. The van der Waals surface area contributed by atoms with Crippen LogP contribution in [0.3, 0.4) is 0 Å². The lowest BCUT2D eigenvalue weighted by Gasteiger charge is -2.08. The van der Waals surface area contributed by atoms with Crippen molar-refractivity contribution in [2.75, 3.05) is 0 Å². The van der Waals surface area contributed by atoms with Crippen molar-refractivity contribution in [2.45, 2.75) is 12.3 Å². The molecule has 0 aliphatic heterocycles. The fourth-order valence-electron chi connectivity index (χ4n) is 1.59. The number of aryl methyl sites for hydroxylation is 1. The largest absolute Gasteiger partial charge is 0.457 e. The molecule has 0 N–H and O–H groups in total. The van der Waals surface area contributed by atoms with Crippen molar-refractivity contribution in [2.24, 2.45) is 0 Å². The smallest absolute Gasteiger partial charge is 0.273 e. The summed E-state index contributed by atoms with van der Waals surface area (Å²) in [6.45, 7) is 1.85.